The summed E-state index contributed by atoms with van der Waals surface area (Å²) >= 11 is 0. The predicted molar refractivity (Wildman–Crippen MR) is 375 cm³/mol. The van der Waals surface area contributed by atoms with Crippen LogP contribution in [0.25, 0.3) is 154 Å². The van der Waals surface area contributed by atoms with Crippen molar-refractivity contribution in [3.63, 3.8) is 0 Å². The zero-order chi connectivity index (χ0) is 59.4. The van der Waals surface area contributed by atoms with E-state index in [0.29, 0.717) is 11.1 Å². The van der Waals surface area contributed by atoms with Gasteiger partial charge in [-0.15, -0.1) is 0 Å². The minimum atomic E-state index is -0.0618. The molecule has 0 saturated heterocycles. The van der Waals surface area contributed by atoms with Crippen LogP contribution in [0.3, 0.4) is 0 Å². The molecule has 4 heterocycles. The van der Waals surface area contributed by atoms with E-state index in [-0.39, 0.29) is 5.78 Å². The monoisotopic (exact) mass is 1150 g/mol. The molecule has 0 bridgehead atoms. The van der Waals surface area contributed by atoms with Crippen LogP contribution in [0.2, 0.25) is 0 Å². The average molecular weight is 1150 g/mol. The van der Waals surface area contributed by atoms with E-state index >= 15 is 4.79 Å². The Morgan fingerprint density at radius 2 is 0.389 bits per heavy atom. The summed E-state index contributed by atoms with van der Waals surface area (Å²) in [5.74, 6) is -0.0618. The van der Waals surface area contributed by atoms with Crippen LogP contribution >= 0.6 is 0 Å². The lowest BCUT2D eigenvalue weighted by Crippen LogP contribution is -2.03. The number of hydrogen-bond acceptors (Lipinski definition) is 1. The lowest BCUT2D eigenvalue weighted by molar-refractivity contribution is 0.103. The number of ketones is 1. The summed E-state index contributed by atoms with van der Waals surface area (Å²) in [4.78, 5) is 16.4. The van der Waals surface area contributed by atoms with Crippen molar-refractivity contribution in [3.8, 4) is 67.3 Å². The zero-order valence-electron chi connectivity index (χ0n) is 48.9. The Labute approximate surface area is 519 Å². The summed E-state index contributed by atoms with van der Waals surface area (Å²) in [7, 11) is 0. The Bertz CT molecular complexity index is 5190. The molecule has 0 radical (unpaired) electrons. The molecule has 18 rings (SSSR count). The van der Waals surface area contributed by atoms with Crippen molar-refractivity contribution in [1.29, 1.82) is 0 Å². The molecule has 0 fully saturated rings. The van der Waals surface area contributed by atoms with Crippen LogP contribution < -0.4 is 0 Å². The van der Waals surface area contributed by atoms with Crippen LogP contribution in [0.1, 0.15) is 15.9 Å². The van der Waals surface area contributed by atoms with Crippen molar-refractivity contribution in [2.24, 2.45) is 0 Å². The molecule has 4 aromatic heterocycles. The minimum Gasteiger partial charge on any atom is -0.309 e. The van der Waals surface area contributed by atoms with E-state index in [1.165, 1.54) is 21.5 Å². The second-order valence-electron chi connectivity index (χ2n) is 23.6. The highest BCUT2D eigenvalue weighted by molar-refractivity contribution is 6.16. The van der Waals surface area contributed by atoms with Crippen molar-refractivity contribution in [3.05, 3.63) is 339 Å². The molecule has 0 N–H and O–H groups in total. The van der Waals surface area contributed by atoms with Gasteiger partial charge in [0.05, 0.1) is 44.1 Å². The third-order valence-corrected chi connectivity index (χ3v) is 18.5. The average Bonchev–Trinajstić information content (AvgIpc) is 1.68. The molecule has 0 aliphatic heterocycles. The number of carbonyl (C=O) groups excluding carboxylic acids is 1. The highest BCUT2D eigenvalue weighted by atomic mass is 16.1. The molecular weight excluding hydrogens is 1090 g/mol. The molecule has 0 aliphatic rings. The third kappa shape index (κ3) is 8.21. The number of hydrogen-bond donors (Lipinski definition) is 0. The van der Waals surface area contributed by atoms with Crippen LogP contribution in [0, 0.1) is 0 Å². The molecule has 0 spiro atoms. The molecule has 5 nitrogen and oxygen atoms in total. The summed E-state index contributed by atoms with van der Waals surface area (Å²) in [6.07, 6.45) is 0. The van der Waals surface area contributed by atoms with Gasteiger partial charge in [-0.2, -0.15) is 0 Å². The van der Waals surface area contributed by atoms with Gasteiger partial charge in [-0.05, 0) is 202 Å². The van der Waals surface area contributed by atoms with E-state index in [4.69, 9.17) is 0 Å². The van der Waals surface area contributed by atoms with E-state index in [9.17, 15) is 0 Å². The lowest BCUT2D eigenvalue weighted by atomic mass is 9.89. The van der Waals surface area contributed by atoms with Gasteiger partial charge in [0.1, 0.15) is 0 Å². The van der Waals surface area contributed by atoms with E-state index in [2.05, 4.69) is 346 Å². The van der Waals surface area contributed by atoms with Crippen LogP contribution in [0.4, 0.5) is 0 Å². The molecule has 0 amide bonds. The maximum Gasteiger partial charge on any atom is 0.193 e. The number of carbonyl (C=O) groups is 1. The van der Waals surface area contributed by atoms with E-state index < -0.39 is 0 Å². The summed E-state index contributed by atoms with van der Waals surface area (Å²) in [5.41, 5.74) is 22.6. The molecule has 420 valence electrons. The largest absolute Gasteiger partial charge is 0.309 e. The first-order valence-corrected chi connectivity index (χ1v) is 30.8. The van der Waals surface area contributed by atoms with Crippen molar-refractivity contribution < 1.29 is 4.79 Å². The quantitative estimate of drug-likeness (QED) is 0.126. The molecule has 90 heavy (non-hydrogen) atoms. The molecule has 18 aromatic rings. The Balaban J connectivity index is 0.852. The maximum atomic E-state index is 16.4. The Morgan fingerprint density at radius 3 is 0.633 bits per heavy atom. The fourth-order valence-electron chi connectivity index (χ4n) is 14.4. The molecular formula is C85H54N4O. The summed E-state index contributed by atoms with van der Waals surface area (Å²) in [6.45, 7) is 0. The third-order valence-electron chi connectivity index (χ3n) is 18.5. The molecule has 0 aliphatic carbocycles. The first-order valence-electron chi connectivity index (χ1n) is 30.8. The number of rotatable bonds is 10. The summed E-state index contributed by atoms with van der Waals surface area (Å²) < 4.78 is 9.40. The van der Waals surface area contributed by atoms with Crippen molar-refractivity contribution in [2.75, 3.05) is 0 Å². The normalized spacial score (nSPS) is 11.8. The number of fused-ring (bicyclic) bond motifs is 12. The number of nitrogens with zero attached hydrogens (tertiary/aromatic N) is 4. The summed E-state index contributed by atoms with van der Waals surface area (Å²) in [6, 6.07) is 117. The second kappa shape index (κ2) is 20.6. The highest BCUT2D eigenvalue weighted by Crippen LogP contribution is 2.43. The van der Waals surface area contributed by atoms with Crippen LogP contribution in [0.5, 0.6) is 0 Å². The van der Waals surface area contributed by atoms with Crippen molar-refractivity contribution >= 4 is 93.0 Å². The Morgan fingerprint density at radius 1 is 0.178 bits per heavy atom. The van der Waals surface area contributed by atoms with Crippen LogP contribution in [-0.2, 0) is 0 Å². The van der Waals surface area contributed by atoms with Gasteiger partial charge < -0.3 is 18.3 Å². The number of benzene rings is 14. The minimum absolute atomic E-state index is 0.0618. The molecule has 0 unspecified atom stereocenters. The van der Waals surface area contributed by atoms with Crippen molar-refractivity contribution in [1.82, 2.24) is 18.3 Å². The first kappa shape index (κ1) is 51.2. The molecule has 0 saturated carbocycles. The van der Waals surface area contributed by atoms with Gasteiger partial charge in [-0.25, -0.2) is 0 Å². The maximum absolute atomic E-state index is 16.4. The van der Waals surface area contributed by atoms with Crippen LogP contribution in [0.15, 0.2) is 328 Å². The number of para-hydroxylation sites is 8. The lowest BCUT2D eigenvalue weighted by Gasteiger charge is -2.14. The molecule has 0 atom stereocenters. The first-order chi connectivity index (χ1) is 44.5. The SMILES string of the molecule is O=C(c1cc(-c2ccc3c(c2)c2ccccc2n3-c2ccccc2)cc(-c2ccc3c(c2)c2ccccc2n3-c2ccccc2)c1)c1cc(-c2ccc3c(c2)c2ccccc2n3-c2ccccc2)cc(-c2ccc3c(c2)c2ccccc2n3-c2ccccc2)c1. The zero-order valence-corrected chi connectivity index (χ0v) is 48.9. The van der Waals surface area contributed by atoms with E-state index in [1.807, 2.05) is 0 Å². The van der Waals surface area contributed by atoms with Gasteiger partial charge in [0, 0.05) is 77.0 Å². The Hall–Kier alpha value is -12.1. The van der Waals surface area contributed by atoms with Gasteiger partial charge in [0.15, 0.2) is 5.78 Å². The fraction of sp³-hybridized carbons (Fsp3) is 0. The van der Waals surface area contributed by atoms with Crippen molar-refractivity contribution in [2.45, 2.75) is 0 Å². The molecule has 14 aromatic carbocycles. The Kier molecular flexibility index (Phi) is 11.7. The van der Waals surface area contributed by atoms with Gasteiger partial charge in [0.2, 0.25) is 0 Å². The van der Waals surface area contributed by atoms with Gasteiger partial charge >= 0.3 is 0 Å². The van der Waals surface area contributed by atoms with E-state index in [1.54, 1.807) is 0 Å². The van der Waals surface area contributed by atoms with Gasteiger partial charge in [-0.3, -0.25) is 4.79 Å². The highest BCUT2D eigenvalue weighted by Gasteiger charge is 2.22. The number of aromatic nitrogens is 4. The standard InChI is InChI=1S/C85H54N4O/c90-85(63-47-59(55-37-41-81-73(51-55)69-29-13-17-33-77(69)86(81)65-21-5-1-6-22-65)45-60(48-63)56-38-42-82-74(52-56)70-30-14-18-34-78(70)87(82)66-23-7-2-8-24-66)64-49-61(57-39-43-83-75(53-57)71-31-15-19-35-79(71)88(83)67-25-9-3-10-26-67)46-62(50-64)58-40-44-84-76(54-58)72-32-16-20-36-80(72)89(84)68-27-11-4-12-28-68/h1-54H. The second-order valence-corrected chi connectivity index (χ2v) is 23.6. The van der Waals surface area contributed by atoms with Gasteiger partial charge in [-0.1, -0.05) is 170 Å². The van der Waals surface area contributed by atoms with E-state index in [0.717, 1.165) is 133 Å². The summed E-state index contributed by atoms with van der Waals surface area (Å²) in [5, 5.41) is 9.25. The predicted octanol–water partition coefficient (Wildman–Crippen LogP) is 22.0. The van der Waals surface area contributed by atoms with Gasteiger partial charge in [0.25, 0.3) is 0 Å². The van der Waals surface area contributed by atoms with Crippen LogP contribution in [-0.4, -0.2) is 24.1 Å². The smallest absolute Gasteiger partial charge is 0.193 e. The topological polar surface area (TPSA) is 36.8 Å². The molecule has 5 heteroatoms. The fourth-order valence-corrected chi connectivity index (χ4v) is 14.4.